The number of carbonyl (C=O) groups excluding carboxylic acids is 1. The van der Waals surface area contributed by atoms with Gasteiger partial charge in [-0.25, -0.2) is 0 Å². The fraction of sp³-hybridized carbons (Fsp3) is 0.235. The van der Waals surface area contributed by atoms with Gasteiger partial charge in [-0.3, -0.25) is 4.79 Å². The highest BCUT2D eigenvalue weighted by Crippen LogP contribution is 2.38. The van der Waals surface area contributed by atoms with E-state index >= 15 is 0 Å². The molecule has 0 bridgehead atoms. The molecule has 0 radical (unpaired) electrons. The van der Waals surface area contributed by atoms with Gasteiger partial charge in [0, 0.05) is 24.2 Å². The highest BCUT2D eigenvalue weighted by atomic mass is 16.1. The van der Waals surface area contributed by atoms with Gasteiger partial charge in [0.05, 0.1) is 11.4 Å². The molecule has 1 aliphatic rings. The molecule has 0 saturated heterocycles. The molecule has 0 saturated carbocycles. The normalized spacial score (nSPS) is 13.0. The second kappa shape index (κ2) is 5.48. The lowest BCUT2D eigenvalue weighted by atomic mass is 9.91. The van der Waals surface area contributed by atoms with Crippen molar-refractivity contribution in [2.75, 3.05) is 23.7 Å². The minimum absolute atomic E-state index is 0.371. The Morgan fingerprint density at radius 2 is 1.81 bits per heavy atom. The van der Waals surface area contributed by atoms with Crippen molar-refractivity contribution < 1.29 is 4.79 Å². The monoisotopic (exact) mass is 281 g/mol. The summed E-state index contributed by atoms with van der Waals surface area (Å²) in [7, 11) is 0. The van der Waals surface area contributed by atoms with Crippen molar-refractivity contribution in [2.24, 2.45) is 5.73 Å². The summed E-state index contributed by atoms with van der Waals surface area (Å²) in [4.78, 5) is 11.6. The molecule has 4 nitrogen and oxygen atoms in total. The molecule has 0 spiro atoms. The molecule has 2 aromatic rings. The van der Waals surface area contributed by atoms with E-state index in [1.807, 2.05) is 19.1 Å². The number of hydrogen-bond acceptors (Lipinski definition) is 3. The van der Waals surface area contributed by atoms with Gasteiger partial charge in [0.1, 0.15) is 0 Å². The summed E-state index contributed by atoms with van der Waals surface area (Å²) in [6, 6.07) is 11.9. The Morgan fingerprint density at radius 1 is 1.10 bits per heavy atom. The number of amides is 1. The molecule has 108 valence electrons. The lowest BCUT2D eigenvalue weighted by molar-refractivity contribution is 0.0999. The van der Waals surface area contributed by atoms with Crippen LogP contribution >= 0.6 is 0 Å². The van der Waals surface area contributed by atoms with E-state index in [1.54, 1.807) is 6.07 Å². The fourth-order valence-electron chi connectivity index (χ4n) is 2.95. The number of hydrogen-bond donors (Lipinski definition) is 3. The van der Waals surface area contributed by atoms with E-state index in [0.29, 0.717) is 5.56 Å². The third-order valence-electron chi connectivity index (χ3n) is 3.89. The average molecular weight is 281 g/mol. The smallest absolute Gasteiger partial charge is 0.248 e. The molecule has 0 unspecified atom stereocenters. The SMILES string of the molecule is CCc1c(C(N)=O)cccc1-c1cccc2c1NCCN2. The zero-order valence-electron chi connectivity index (χ0n) is 12.1. The molecule has 0 aromatic heterocycles. The van der Waals surface area contributed by atoms with E-state index in [2.05, 4.69) is 28.8 Å². The van der Waals surface area contributed by atoms with E-state index in [4.69, 9.17) is 5.73 Å². The Kier molecular flexibility index (Phi) is 3.52. The van der Waals surface area contributed by atoms with Crippen molar-refractivity contribution in [3.63, 3.8) is 0 Å². The molecular formula is C17H19N3O. The van der Waals surface area contributed by atoms with Gasteiger partial charge in [-0.1, -0.05) is 31.2 Å². The summed E-state index contributed by atoms with van der Waals surface area (Å²) in [5.41, 5.74) is 11.5. The summed E-state index contributed by atoms with van der Waals surface area (Å²) in [5.74, 6) is -0.371. The molecule has 1 amide bonds. The number of benzene rings is 2. The van der Waals surface area contributed by atoms with Gasteiger partial charge in [-0.15, -0.1) is 0 Å². The van der Waals surface area contributed by atoms with Crippen molar-refractivity contribution in [1.29, 1.82) is 0 Å². The molecule has 4 N–H and O–H groups in total. The summed E-state index contributed by atoms with van der Waals surface area (Å²) in [6.45, 7) is 3.85. The van der Waals surface area contributed by atoms with E-state index < -0.39 is 0 Å². The van der Waals surface area contributed by atoms with Crippen LogP contribution < -0.4 is 16.4 Å². The van der Waals surface area contributed by atoms with Crippen molar-refractivity contribution in [2.45, 2.75) is 13.3 Å². The van der Waals surface area contributed by atoms with Crippen LogP contribution in [0, 0.1) is 0 Å². The Morgan fingerprint density at radius 3 is 2.57 bits per heavy atom. The number of nitrogens with two attached hydrogens (primary N) is 1. The van der Waals surface area contributed by atoms with Crippen LogP contribution in [0.15, 0.2) is 36.4 Å². The van der Waals surface area contributed by atoms with Crippen LogP contribution in [0.3, 0.4) is 0 Å². The molecule has 1 aliphatic heterocycles. The Balaban J connectivity index is 2.22. The number of anilines is 2. The van der Waals surface area contributed by atoms with Gasteiger partial charge in [-0.2, -0.15) is 0 Å². The Labute approximate surface area is 124 Å². The third-order valence-corrected chi connectivity index (χ3v) is 3.89. The van der Waals surface area contributed by atoms with Crippen LogP contribution in [0.1, 0.15) is 22.8 Å². The number of carbonyl (C=O) groups is 1. The lowest BCUT2D eigenvalue weighted by Crippen LogP contribution is -2.21. The van der Waals surface area contributed by atoms with Gasteiger partial charge in [-0.05, 0) is 29.7 Å². The molecule has 0 aliphatic carbocycles. The highest BCUT2D eigenvalue weighted by molar-refractivity contribution is 5.98. The van der Waals surface area contributed by atoms with Crippen LogP contribution in [0.5, 0.6) is 0 Å². The molecule has 21 heavy (non-hydrogen) atoms. The van der Waals surface area contributed by atoms with Crippen molar-refractivity contribution in [3.8, 4) is 11.1 Å². The minimum atomic E-state index is -0.371. The number of primary amides is 1. The maximum atomic E-state index is 11.6. The van der Waals surface area contributed by atoms with Crippen LogP contribution in [0.25, 0.3) is 11.1 Å². The molecule has 1 heterocycles. The molecule has 2 aromatic carbocycles. The first-order valence-corrected chi connectivity index (χ1v) is 7.25. The molecule has 3 rings (SSSR count). The highest BCUT2D eigenvalue weighted by Gasteiger charge is 2.17. The van der Waals surface area contributed by atoms with E-state index in [-0.39, 0.29) is 5.91 Å². The zero-order chi connectivity index (χ0) is 14.8. The maximum absolute atomic E-state index is 11.6. The Hall–Kier alpha value is -2.49. The first kappa shape index (κ1) is 13.5. The lowest BCUT2D eigenvalue weighted by Gasteiger charge is -2.24. The second-order valence-corrected chi connectivity index (χ2v) is 5.13. The van der Waals surface area contributed by atoms with Gasteiger partial charge >= 0.3 is 0 Å². The van der Waals surface area contributed by atoms with Crippen LogP contribution in [0.4, 0.5) is 11.4 Å². The molecule has 0 atom stereocenters. The van der Waals surface area contributed by atoms with Gasteiger partial charge < -0.3 is 16.4 Å². The van der Waals surface area contributed by atoms with Crippen LogP contribution in [-0.2, 0) is 6.42 Å². The van der Waals surface area contributed by atoms with Gasteiger partial charge in [0.15, 0.2) is 0 Å². The van der Waals surface area contributed by atoms with Gasteiger partial charge in [0.2, 0.25) is 5.91 Å². The Bertz CT molecular complexity index is 694. The fourth-order valence-corrected chi connectivity index (χ4v) is 2.95. The zero-order valence-corrected chi connectivity index (χ0v) is 12.1. The molecule has 0 fully saturated rings. The summed E-state index contributed by atoms with van der Waals surface area (Å²) >= 11 is 0. The van der Waals surface area contributed by atoms with E-state index in [9.17, 15) is 4.79 Å². The quantitative estimate of drug-likeness (QED) is 0.810. The first-order chi connectivity index (χ1) is 10.2. The average Bonchev–Trinajstić information content (AvgIpc) is 2.53. The van der Waals surface area contributed by atoms with Crippen molar-refractivity contribution >= 4 is 17.3 Å². The summed E-state index contributed by atoms with van der Waals surface area (Å²) < 4.78 is 0. The third kappa shape index (κ3) is 2.33. The first-order valence-electron chi connectivity index (χ1n) is 7.25. The largest absolute Gasteiger partial charge is 0.382 e. The van der Waals surface area contributed by atoms with Crippen molar-refractivity contribution in [1.82, 2.24) is 0 Å². The number of para-hydroxylation sites is 1. The summed E-state index contributed by atoms with van der Waals surface area (Å²) in [6.07, 6.45) is 0.769. The van der Waals surface area contributed by atoms with E-state index in [1.165, 1.54) is 0 Å². The van der Waals surface area contributed by atoms with Crippen LogP contribution in [0.2, 0.25) is 0 Å². The van der Waals surface area contributed by atoms with Crippen LogP contribution in [-0.4, -0.2) is 19.0 Å². The predicted octanol–water partition coefficient (Wildman–Crippen LogP) is 2.85. The number of nitrogens with one attached hydrogen (secondary N) is 2. The standard InChI is InChI=1S/C17H19N3O/c1-2-11-12(5-3-7-14(11)17(18)21)13-6-4-8-15-16(13)20-10-9-19-15/h3-8,19-20H,2,9-10H2,1H3,(H2,18,21). The maximum Gasteiger partial charge on any atom is 0.248 e. The van der Waals surface area contributed by atoms with E-state index in [0.717, 1.165) is 47.6 Å². The molecular weight excluding hydrogens is 262 g/mol. The van der Waals surface area contributed by atoms with Gasteiger partial charge in [0.25, 0.3) is 0 Å². The molecule has 4 heteroatoms. The van der Waals surface area contributed by atoms with Crippen molar-refractivity contribution in [3.05, 3.63) is 47.5 Å². The number of rotatable bonds is 3. The summed E-state index contributed by atoms with van der Waals surface area (Å²) in [5, 5.41) is 6.84. The minimum Gasteiger partial charge on any atom is -0.382 e. The second-order valence-electron chi connectivity index (χ2n) is 5.13. The number of fused-ring (bicyclic) bond motifs is 1. The topological polar surface area (TPSA) is 67.2 Å². The predicted molar refractivity (Wildman–Crippen MR) is 86.8 cm³/mol.